The van der Waals surface area contributed by atoms with Gasteiger partial charge in [-0.15, -0.1) is 10.2 Å². The molecule has 0 aliphatic carbocycles. The topological polar surface area (TPSA) is 112 Å². The lowest BCUT2D eigenvalue weighted by atomic mass is 10.2. The van der Waals surface area contributed by atoms with Crippen molar-refractivity contribution in [2.45, 2.75) is 13.5 Å². The van der Waals surface area contributed by atoms with Gasteiger partial charge in [0, 0.05) is 32.4 Å². The largest absolute Gasteiger partial charge is 0.480 e. The molecule has 0 atom stereocenters. The molecule has 0 aromatic carbocycles. The summed E-state index contributed by atoms with van der Waals surface area (Å²) in [5.41, 5.74) is 8.14. The molecule has 3 heterocycles. The van der Waals surface area contributed by atoms with Crippen LogP contribution in [-0.4, -0.2) is 56.5 Å². The molecular formula is C18H21N7O2. The molecule has 27 heavy (non-hydrogen) atoms. The number of nitrogens with zero attached hydrogens (tertiary/aromatic N) is 6. The molecule has 3 aromatic rings. The maximum Gasteiger partial charge on any atom is 0.274 e. The maximum atomic E-state index is 12.6. The third-order valence-electron chi connectivity index (χ3n) is 4.12. The number of carbonyl (C=O) groups is 1. The van der Waals surface area contributed by atoms with Gasteiger partial charge in [-0.3, -0.25) is 9.78 Å². The zero-order chi connectivity index (χ0) is 19.4. The number of pyridine rings is 1. The molecule has 9 heteroatoms. The van der Waals surface area contributed by atoms with E-state index in [1.807, 2.05) is 19.1 Å². The van der Waals surface area contributed by atoms with Gasteiger partial charge in [-0.05, 0) is 30.7 Å². The van der Waals surface area contributed by atoms with Crippen molar-refractivity contribution in [3.8, 4) is 23.1 Å². The first kappa shape index (κ1) is 18.5. The van der Waals surface area contributed by atoms with Gasteiger partial charge in [0.25, 0.3) is 5.91 Å². The van der Waals surface area contributed by atoms with Crippen LogP contribution in [0.3, 0.4) is 0 Å². The Kier molecular flexibility index (Phi) is 5.41. The van der Waals surface area contributed by atoms with Crippen LogP contribution in [0.4, 0.5) is 0 Å². The van der Waals surface area contributed by atoms with Gasteiger partial charge in [-0.1, -0.05) is 6.07 Å². The summed E-state index contributed by atoms with van der Waals surface area (Å²) in [5.74, 6) is 0.658. The van der Waals surface area contributed by atoms with Crippen molar-refractivity contribution in [1.82, 2.24) is 29.9 Å². The van der Waals surface area contributed by atoms with E-state index in [2.05, 4.69) is 20.3 Å². The number of carbonyl (C=O) groups excluding carboxylic acids is 1. The molecule has 0 aliphatic rings. The smallest absolute Gasteiger partial charge is 0.274 e. The molecule has 0 bridgehead atoms. The second-order valence-corrected chi connectivity index (χ2v) is 5.84. The quantitative estimate of drug-likeness (QED) is 0.698. The first-order valence-electron chi connectivity index (χ1n) is 8.46. The summed E-state index contributed by atoms with van der Waals surface area (Å²) in [6.45, 7) is 2.88. The monoisotopic (exact) mass is 367 g/mol. The van der Waals surface area contributed by atoms with E-state index < -0.39 is 0 Å². The number of nitrogens with two attached hydrogens (primary N) is 1. The summed E-state index contributed by atoms with van der Waals surface area (Å²) in [4.78, 5) is 18.6. The SMILES string of the molecule is CCN(C)C(=O)c1cc(-c2ccc(CN)cn2)n(-c2ccc(OC)nn2)n1. The molecule has 0 fully saturated rings. The van der Waals surface area contributed by atoms with Crippen LogP contribution >= 0.6 is 0 Å². The van der Waals surface area contributed by atoms with Gasteiger partial charge in [0.05, 0.1) is 18.5 Å². The average molecular weight is 367 g/mol. The van der Waals surface area contributed by atoms with E-state index in [1.54, 1.807) is 41.0 Å². The summed E-state index contributed by atoms with van der Waals surface area (Å²) in [6, 6.07) is 8.82. The third kappa shape index (κ3) is 3.77. The number of hydrogen-bond donors (Lipinski definition) is 1. The number of amides is 1. The summed E-state index contributed by atoms with van der Waals surface area (Å²) in [5, 5.41) is 12.5. The summed E-state index contributed by atoms with van der Waals surface area (Å²) < 4.78 is 6.60. The van der Waals surface area contributed by atoms with Crippen LogP contribution in [0.15, 0.2) is 36.5 Å². The van der Waals surface area contributed by atoms with Crippen molar-refractivity contribution in [1.29, 1.82) is 0 Å². The van der Waals surface area contributed by atoms with Gasteiger partial charge >= 0.3 is 0 Å². The molecule has 0 unspecified atom stereocenters. The Bertz CT molecular complexity index is 855. The van der Waals surface area contributed by atoms with Crippen molar-refractivity contribution in [2.75, 3.05) is 20.7 Å². The Morgan fingerprint density at radius 3 is 2.63 bits per heavy atom. The molecule has 2 N–H and O–H groups in total. The van der Waals surface area contributed by atoms with Gasteiger partial charge < -0.3 is 15.4 Å². The highest BCUT2D eigenvalue weighted by Gasteiger charge is 2.20. The predicted molar refractivity (Wildman–Crippen MR) is 99.5 cm³/mol. The highest BCUT2D eigenvalue weighted by molar-refractivity contribution is 5.93. The standard InChI is InChI=1S/C18H21N7O2/c1-4-24(2)18(26)14-9-15(13-6-5-12(10-19)11-20-13)25(23-14)16-7-8-17(27-3)22-21-16/h5-9,11H,4,10,19H2,1-3H3. The van der Waals surface area contributed by atoms with E-state index in [9.17, 15) is 4.79 Å². The Morgan fingerprint density at radius 2 is 2.07 bits per heavy atom. The minimum Gasteiger partial charge on any atom is -0.480 e. The normalized spacial score (nSPS) is 10.7. The average Bonchev–Trinajstić information content (AvgIpc) is 3.18. The molecule has 3 aromatic heterocycles. The van der Waals surface area contributed by atoms with E-state index in [0.29, 0.717) is 41.9 Å². The molecule has 140 valence electrons. The van der Waals surface area contributed by atoms with E-state index >= 15 is 0 Å². The number of ether oxygens (including phenoxy) is 1. The van der Waals surface area contributed by atoms with Crippen molar-refractivity contribution in [2.24, 2.45) is 5.73 Å². The number of methoxy groups -OCH3 is 1. The van der Waals surface area contributed by atoms with Crippen molar-refractivity contribution < 1.29 is 9.53 Å². The minimum absolute atomic E-state index is 0.183. The minimum atomic E-state index is -0.183. The number of hydrogen-bond acceptors (Lipinski definition) is 7. The molecule has 0 spiro atoms. The fourth-order valence-corrected chi connectivity index (χ4v) is 2.41. The van der Waals surface area contributed by atoms with E-state index in [4.69, 9.17) is 10.5 Å². The molecule has 0 radical (unpaired) electrons. The Hall–Kier alpha value is -3.33. The molecule has 0 aliphatic heterocycles. The van der Waals surface area contributed by atoms with Crippen molar-refractivity contribution >= 4 is 5.91 Å². The van der Waals surface area contributed by atoms with Crippen LogP contribution in [0.5, 0.6) is 5.88 Å². The van der Waals surface area contributed by atoms with Gasteiger partial charge in [0.15, 0.2) is 11.5 Å². The molecule has 0 saturated heterocycles. The van der Waals surface area contributed by atoms with Crippen LogP contribution in [0.2, 0.25) is 0 Å². The summed E-state index contributed by atoms with van der Waals surface area (Å²) >= 11 is 0. The van der Waals surface area contributed by atoms with E-state index in [1.165, 1.54) is 7.11 Å². The van der Waals surface area contributed by atoms with Gasteiger partial charge in [0.1, 0.15) is 0 Å². The maximum absolute atomic E-state index is 12.6. The number of aromatic nitrogens is 5. The van der Waals surface area contributed by atoms with Crippen molar-refractivity contribution in [3.63, 3.8) is 0 Å². The molecule has 3 rings (SSSR count). The molecular weight excluding hydrogens is 346 g/mol. The fourth-order valence-electron chi connectivity index (χ4n) is 2.41. The van der Waals surface area contributed by atoms with E-state index in [0.717, 1.165) is 5.56 Å². The van der Waals surface area contributed by atoms with Gasteiger partial charge in [0.2, 0.25) is 5.88 Å². The fraction of sp³-hybridized carbons (Fsp3) is 0.278. The highest BCUT2D eigenvalue weighted by Crippen LogP contribution is 2.23. The second kappa shape index (κ2) is 7.92. The third-order valence-corrected chi connectivity index (χ3v) is 4.12. The van der Waals surface area contributed by atoms with Gasteiger partial charge in [-0.25, -0.2) is 4.68 Å². The number of rotatable bonds is 6. The zero-order valence-electron chi connectivity index (χ0n) is 15.5. The zero-order valence-corrected chi connectivity index (χ0v) is 15.5. The van der Waals surface area contributed by atoms with Crippen LogP contribution in [0.25, 0.3) is 17.2 Å². The lowest BCUT2D eigenvalue weighted by Crippen LogP contribution is -2.26. The van der Waals surface area contributed by atoms with Crippen molar-refractivity contribution in [3.05, 3.63) is 47.8 Å². The van der Waals surface area contributed by atoms with Crippen LogP contribution < -0.4 is 10.5 Å². The molecule has 1 amide bonds. The first-order valence-corrected chi connectivity index (χ1v) is 8.46. The van der Waals surface area contributed by atoms with E-state index in [-0.39, 0.29) is 5.91 Å². The van der Waals surface area contributed by atoms with Gasteiger partial charge in [-0.2, -0.15) is 5.10 Å². The second-order valence-electron chi connectivity index (χ2n) is 5.84. The lowest BCUT2D eigenvalue weighted by Gasteiger charge is -2.11. The van der Waals surface area contributed by atoms with Crippen LogP contribution in [0.1, 0.15) is 23.0 Å². The molecule has 9 nitrogen and oxygen atoms in total. The highest BCUT2D eigenvalue weighted by atomic mass is 16.5. The Morgan fingerprint density at radius 1 is 1.26 bits per heavy atom. The predicted octanol–water partition coefficient (Wildman–Crippen LogP) is 1.28. The summed E-state index contributed by atoms with van der Waals surface area (Å²) in [7, 11) is 3.24. The Labute approximate surface area is 156 Å². The van der Waals surface area contributed by atoms with Crippen LogP contribution in [-0.2, 0) is 6.54 Å². The first-order chi connectivity index (χ1) is 13.1. The molecule has 0 saturated carbocycles. The Balaban J connectivity index is 2.10. The lowest BCUT2D eigenvalue weighted by molar-refractivity contribution is 0.0796. The van der Waals surface area contributed by atoms with Crippen LogP contribution in [0, 0.1) is 0 Å². The summed E-state index contributed by atoms with van der Waals surface area (Å²) in [6.07, 6.45) is 1.70.